The van der Waals surface area contributed by atoms with Crippen LogP contribution in [0.1, 0.15) is 13.3 Å². The van der Waals surface area contributed by atoms with Crippen LogP contribution < -0.4 is 4.74 Å². The Balaban J connectivity index is 2.37. The molecule has 0 saturated heterocycles. The van der Waals surface area contributed by atoms with Gasteiger partial charge < -0.3 is 4.74 Å². The Labute approximate surface area is 103 Å². The van der Waals surface area contributed by atoms with E-state index in [2.05, 4.69) is 15.7 Å². The van der Waals surface area contributed by atoms with Gasteiger partial charge in [0.25, 0.3) is 0 Å². The monoisotopic (exact) mass is 254 g/mol. The lowest BCUT2D eigenvalue weighted by atomic mass is 10.1. The van der Waals surface area contributed by atoms with Gasteiger partial charge in [-0.1, -0.05) is 30.7 Å². The highest BCUT2D eigenvalue weighted by Gasteiger charge is 2.12. The van der Waals surface area contributed by atoms with E-state index in [9.17, 15) is 0 Å². The molecule has 0 atom stereocenters. The molecule has 0 unspecified atom stereocenters. The van der Waals surface area contributed by atoms with Gasteiger partial charge in [-0.2, -0.15) is 8.75 Å². The van der Waals surface area contributed by atoms with Gasteiger partial charge in [-0.05, 0) is 18.6 Å². The number of benzene rings is 1. The Morgan fingerprint density at radius 2 is 2.12 bits per heavy atom. The molecule has 84 valence electrons. The van der Waals surface area contributed by atoms with Crippen LogP contribution in [-0.4, -0.2) is 15.4 Å². The first-order valence-electron chi connectivity index (χ1n) is 5.03. The van der Waals surface area contributed by atoms with E-state index in [0.717, 1.165) is 29.5 Å². The van der Waals surface area contributed by atoms with Crippen molar-refractivity contribution in [2.24, 2.45) is 0 Å². The molecule has 0 fully saturated rings. The van der Waals surface area contributed by atoms with Crippen molar-refractivity contribution in [1.82, 2.24) is 8.75 Å². The number of para-hydroxylation sites is 1. The van der Waals surface area contributed by atoms with Crippen molar-refractivity contribution in [2.45, 2.75) is 13.3 Å². The van der Waals surface area contributed by atoms with E-state index in [1.165, 1.54) is 0 Å². The van der Waals surface area contributed by atoms with Crippen molar-refractivity contribution in [3.05, 3.63) is 29.4 Å². The van der Waals surface area contributed by atoms with E-state index in [4.69, 9.17) is 16.3 Å². The molecule has 0 aliphatic heterocycles. The van der Waals surface area contributed by atoms with E-state index in [-0.39, 0.29) is 0 Å². The minimum Gasteiger partial charge on any atom is -0.493 e. The number of rotatable bonds is 4. The van der Waals surface area contributed by atoms with Crippen LogP contribution in [0.4, 0.5) is 0 Å². The maximum Gasteiger partial charge on any atom is 0.171 e. The lowest BCUT2D eigenvalue weighted by Gasteiger charge is -2.08. The summed E-state index contributed by atoms with van der Waals surface area (Å²) in [6.07, 6.45) is 0.970. The highest BCUT2D eigenvalue weighted by Crippen LogP contribution is 2.33. The van der Waals surface area contributed by atoms with Crippen molar-refractivity contribution >= 4 is 23.3 Å². The number of ether oxygens (including phenoxy) is 1. The number of nitrogens with zero attached hydrogens (tertiary/aromatic N) is 2. The Hall–Kier alpha value is -1.13. The molecule has 0 amide bonds. The smallest absolute Gasteiger partial charge is 0.171 e. The molecule has 2 rings (SSSR count). The van der Waals surface area contributed by atoms with E-state index in [0.29, 0.717) is 17.5 Å². The van der Waals surface area contributed by atoms with Crippen LogP contribution in [0.15, 0.2) is 24.3 Å². The summed E-state index contributed by atoms with van der Waals surface area (Å²) in [6, 6.07) is 7.72. The summed E-state index contributed by atoms with van der Waals surface area (Å²) in [7, 11) is 0. The molecule has 16 heavy (non-hydrogen) atoms. The van der Waals surface area contributed by atoms with Crippen LogP contribution in [0.3, 0.4) is 0 Å². The second kappa shape index (κ2) is 5.27. The van der Waals surface area contributed by atoms with Gasteiger partial charge in [-0.15, -0.1) is 0 Å². The Morgan fingerprint density at radius 1 is 1.31 bits per heavy atom. The normalized spacial score (nSPS) is 10.4. The third kappa shape index (κ3) is 2.33. The Morgan fingerprint density at radius 3 is 2.81 bits per heavy atom. The van der Waals surface area contributed by atoms with Gasteiger partial charge in [0.15, 0.2) is 5.15 Å². The van der Waals surface area contributed by atoms with Crippen molar-refractivity contribution in [3.8, 4) is 17.0 Å². The van der Waals surface area contributed by atoms with E-state index in [1.54, 1.807) is 0 Å². The molecule has 0 bridgehead atoms. The summed E-state index contributed by atoms with van der Waals surface area (Å²) >= 11 is 7.07. The largest absolute Gasteiger partial charge is 0.493 e. The van der Waals surface area contributed by atoms with E-state index in [1.807, 2.05) is 24.3 Å². The number of halogens is 1. The van der Waals surface area contributed by atoms with Crippen molar-refractivity contribution in [2.75, 3.05) is 6.61 Å². The molecule has 0 spiro atoms. The molecule has 0 saturated carbocycles. The fourth-order valence-electron chi connectivity index (χ4n) is 1.34. The van der Waals surface area contributed by atoms with Crippen molar-refractivity contribution in [1.29, 1.82) is 0 Å². The molecule has 2 aromatic rings. The summed E-state index contributed by atoms with van der Waals surface area (Å²) in [5, 5.41) is 0.428. The van der Waals surface area contributed by atoms with E-state index < -0.39 is 0 Å². The minimum atomic E-state index is 0.428. The highest BCUT2D eigenvalue weighted by molar-refractivity contribution is 6.99. The predicted octanol–water partition coefficient (Wildman–Crippen LogP) is 3.65. The zero-order chi connectivity index (χ0) is 11.4. The van der Waals surface area contributed by atoms with Gasteiger partial charge in [-0.25, -0.2) is 0 Å². The maximum absolute atomic E-state index is 5.96. The molecule has 1 aromatic heterocycles. The standard InChI is InChI=1S/C11H11ClN2OS/c1-2-7-15-9-6-4-3-5-8(9)10-11(12)14-16-13-10/h3-6H,2,7H2,1H3. The van der Waals surface area contributed by atoms with Crippen LogP contribution in [-0.2, 0) is 0 Å². The second-order valence-electron chi connectivity index (χ2n) is 3.25. The van der Waals surface area contributed by atoms with Crippen LogP contribution in [0.2, 0.25) is 5.15 Å². The summed E-state index contributed by atoms with van der Waals surface area (Å²) in [6.45, 7) is 2.76. The summed E-state index contributed by atoms with van der Waals surface area (Å²) in [5.41, 5.74) is 1.59. The molecule has 0 aliphatic carbocycles. The topological polar surface area (TPSA) is 35.0 Å². The Kier molecular flexibility index (Phi) is 3.74. The summed E-state index contributed by atoms with van der Waals surface area (Å²) in [5.74, 6) is 0.805. The van der Waals surface area contributed by atoms with Gasteiger partial charge in [0.2, 0.25) is 0 Å². The van der Waals surface area contributed by atoms with Crippen LogP contribution in [0.25, 0.3) is 11.3 Å². The second-order valence-corrected chi connectivity index (χ2v) is 4.13. The first-order valence-corrected chi connectivity index (χ1v) is 6.14. The number of aromatic nitrogens is 2. The van der Waals surface area contributed by atoms with Gasteiger partial charge in [0.05, 0.1) is 18.3 Å². The highest BCUT2D eigenvalue weighted by atomic mass is 35.5. The SMILES string of the molecule is CCCOc1ccccc1-c1nsnc1Cl. The first-order chi connectivity index (χ1) is 7.83. The molecule has 1 aromatic carbocycles. The van der Waals surface area contributed by atoms with Crippen molar-refractivity contribution < 1.29 is 4.74 Å². The molecule has 0 aliphatic rings. The molecule has 3 nitrogen and oxygen atoms in total. The zero-order valence-corrected chi connectivity index (χ0v) is 10.4. The van der Waals surface area contributed by atoms with Gasteiger partial charge >= 0.3 is 0 Å². The third-order valence-electron chi connectivity index (χ3n) is 2.05. The quantitative estimate of drug-likeness (QED) is 0.835. The van der Waals surface area contributed by atoms with Gasteiger partial charge in [0, 0.05) is 5.56 Å². The van der Waals surface area contributed by atoms with Crippen LogP contribution in [0, 0.1) is 0 Å². The maximum atomic E-state index is 5.96. The summed E-state index contributed by atoms with van der Waals surface area (Å²) < 4.78 is 13.8. The number of hydrogen-bond acceptors (Lipinski definition) is 4. The zero-order valence-electron chi connectivity index (χ0n) is 8.81. The molecular formula is C11H11ClN2OS. The molecule has 0 radical (unpaired) electrons. The van der Waals surface area contributed by atoms with Crippen LogP contribution >= 0.6 is 23.3 Å². The van der Waals surface area contributed by atoms with E-state index >= 15 is 0 Å². The average Bonchev–Trinajstić information content (AvgIpc) is 2.73. The van der Waals surface area contributed by atoms with Crippen LogP contribution in [0.5, 0.6) is 5.75 Å². The fourth-order valence-corrected chi connectivity index (χ4v) is 2.09. The first kappa shape index (κ1) is 11.4. The minimum absolute atomic E-state index is 0.428. The third-order valence-corrected chi connectivity index (χ3v) is 2.94. The van der Waals surface area contributed by atoms with Gasteiger partial charge in [-0.3, -0.25) is 0 Å². The lowest BCUT2D eigenvalue weighted by molar-refractivity contribution is 0.318. The molecule has 5 heteroatoms. The molecule has 0 N–H and O–H groups in total. The number of hydrogen-bond donors (Lipinski definition) is 0. The van der Waals surface area contributed by atoms with Crippen molar-refractivity contribution in [3.63, 3.8) is 0 Å². The van der Waals surface area contributed by atoms with Gasteiger partial charge in [0.1, 0.15) is 11.4 Å². The Bertz CT molecular complexity index is 473. The predicted molar refractivity (Wildman–Crippen MR) is 66.1 cm³/mol. The lowest BCUT2D eigenvalue weighted by Crippen LogP contribution is -1.96. The molecule has 1 heterocycles. The average molecular weight is 255 g/mol. The fraction of sp³-hybridized carbons (Fsp3) is 0.273. The summed E-state index contributed by atoms with van der Waals surface area (Å²) in [4.78, 5) is 0. The molecular weight excluding hydrogens is 244 g/mol.